The van der Waals surface area contributed by atoms with E-state index < -0.39 is 10.0 Å². The van der Waals surface area contributed by atoms with E-state index in [1.165, 1.54) is 0 Å². The van der Waals surface area contributed by atoms with E-state index in [4.69, 9.17) is 4.74 Å². The average molecular weight is 417 g/mol. The lowest BCUT2D eigenvalue weighted by Gasteiger charge is -2.36. The highest BCUT2D eigenvalue weighted by atomic mass is 32.2. The number of hydrogen-bond donors (Lipinski definition) is 1. The van der Waals surface area contributed by atoms with E-state index in [0.717, 1.165) is 37.1 Å². The lowest BCUT2D eigenvalue weighted by atomic mass is 10.1. The quantitative estimate of drug-likeness (QED) is 0.811. The van der Waals surface area contributed by atoms with Gasteiger partial charge in [-0.05, 0) is 62.1 Å². The van der Waals surface area contributed by atoms with Crippen molar-refractivity contribution in [1.29, 1.82) is 0 Å². The first-order chi connectivity index (χ1) is 13.9. The number of aliphatic hydroxyl groups is 1. The molecule has 29 heavy (non-hydrogen) atoms. The van der Waals surface area contributed by atoms with Crippen LogP contribution >= 0.6 is 0 Å². The van der Waals surface area contributed by atoms with E-state index in [0.29, 0.717) is 36.3 Å². The van der Waals surface area contributed by atoms with Gasteiger partial charge in [0.1, 0.15) is 11.5 Å². The second-order valence-electron chi connectivity index (χ2n) is 7.91. The van der Waals surface area contributed by atoms with Crippen molar-refractivity contribution in [3.05, 3.63) is 54.1 Å². The van der Waals surface area contributed by atoms with E-state index in [-0.39, 0.29) is 6.10 Å². The molecule has 0 bridgehead atoms. The van der Waals surface area contributed by atoms with E-state index in [1.54, 1.807) is 28.6 Å². The third-order valence-corrected chi connectivity index (χ3v) is 7.83. The van der Waals surface area contributed by atoms with E-state index >= 15 is 0 Å². The topological polar surface area (TPSA) is 70.1 Å². The minimum atomic E-state index is -3.51. The van der Waals surface area contributed by atoms with E-state index in [9.17, 15) is 13.5 Å². The van der Waals surface area contributed by atoms with Gasteiger partial charge in [0, 0.05) is 32.2 Å². The maximum atomic E-state index is 13.0. The molecule has 2 aliphatic heterocycles. The summed E-state index contributed by atoms with van der Waals surface area (Å²) < 4.78 is 33.5. The Bertz CT molecular complexity index is 938. The first-order valence-electron chi connectivity index (χ1n) is 10.2. The number of piperidine rings is 1. The summed E-state index contributed by atoms with van der Waals surface area (Å²) in [6, 6.07) is 14.7. The molecule has 0 aromatic heterocycles. The minimum Gasteiger partial charge on any atom is -0.457 e. The molecule has 2 heterocycles. The largest absolute Gasteiger partial charge is 0.457 e. The summed E-state index contributed by atoms with van der Waals surface area (Å²) in [5.74, 6) is 1.38. The number of ether oxygens (including phenoxy) is 1. The second kappa shape index (κ2) is 8.44. The summed E-state index contributed by atoms with van der Waals surface area (Å²) in [5.41, 5.74) is 1.03. The molecule has 6 nitrogen and oxygen atoms in total. The van der Waals surface area contributed by atoms with Gasteiger partial charge in [-0.2, -0.15) is 4.31 Å². The highest BCUT2D eigenvalue weighted by Gasteiger charge is 2.34. The molecule has 4 rings (SSSR count). The van der Waals surface area contributed by atoms with Crippen LogP contribution in [0.25, 0.3) is 0 Å². The number of nitrogens with zero attached hydrogens (tertiary/aromatic N) is 2. The molecule has 0 radical (unpaired) electrons. The monoisotopic (exact) mass is 416 g/mol. The maximum Gasteiger partial charge on any atom is 0.243 e. The fourth-order valence-corrected chi connectivity index (χ4v) is 5.64. The number of β-amino-alcohol motifs (C(OH)–C–C–N with tert-alkyl or cyclic N) is 1. The number of para-hydroxylation sites is 1. The number of rotatable bonds is 5. The zero-order chi connectivity index (χ0) is 20.4. The predicted molar refractivity (Wildman–Crippen MR) is 112 cm³/mol. The fourth-order valence-electron chi connectivity index (χ4n) is 4.17. The van der Waals surface area contributed by atoms with Gasteiger partial charge >= 0.3 is 0 Å². The van der Waals surface area contributed by atoms with Crippen molar-refractivity contribution < 1.29 is 18.3 Å². The molecule has 1 atom stereocenters. The summed E-state index contributed by atoms with van der Waals surface area (Å²) in [5, 5.41) is 9.73. The lowest BCUT2D eigenvalue weighted by Crippen LogP contribution is -2.46. The third-order valence-electron chi connectivity index (χ3n) is 5.92. The van der Waals surface area contributed by atoms with Crippen molar-refractivity contribution in [3.8, 4) is 11.5 Å². The van der Waals surface area contributed by atoms with Gasteiger partial charge in [0.25, 0.3) is 0 Å². The Labute approximate surface area is 172 Å². The van der Waals surface area contributed by atoms with Crippen molar-refractivity contribution in [2.75, 3.05) is 26.2 Å². The molecule has 0 amide bonds. The zero-order valence-corrected chi connectivity index (χ0v) is 17.5. The summed E-state index contributed by atoms with van der Waals surface area (Å²) in [7, 11) is -3.51. The van der Waals surface area contributed by atoms with Crippen molar-refractivity contribution in [3.63, 3.8) is 0 Å². The highest BCUT2D eigenvalue weighted by molar-refractivity contribution is 7.89. The Morgan fingerprint density at radius 1 is 0.966 bits per heavy atom. The highest BCUT2D eigenvalue weighted by Crippen LogP contribution is 2.28. The molecule has 1 N–H and O–H groups in total. The van der Waals surface area contributed by atoms with Crippen LogP contribution in [0, 0.1) is 6.92 Å². The number of benzene rings is 2. The van der Waals surface area contributed by atoms with Gasteiger partial charge < -0.3 is 9.84 Å². The molecule has 7 heteroatoms. The fraction of sp³-hybridized carbons (Fsp3) is 0.455. The zero-order valence-electron chi connectivity index (χ0n) is 16.7. The van der Waals surface area contributed by atoms with Gasteiger partial charge in [0.05, 0.1) is 11.0 Å². The van der Waals surface area contributed by atoms with Crippen LogP contribution in [0.2, 0.25) is 0 Å². The van der Waals surface area contributed by atoms with Gasteiger partial charge in [0.15, 0.2) is 0 Å². The number of sulfonamides is 1. The van der Waals surface area contributed by atoms with Gasteiger partial charge in [-0.3, -0.25) is 4.90 Å². The van der Waals surface area contributed by atoms with Crippen LogP contribution < -0.4 is 4.74 Å². The van der Waals surface area contributed by atoms with Crippen LogP contribution in [0.5, 0.6) is 11.5 Å². The normalized spacial score (nSPS) is 22.1. The molecular formula is C22H28N2O4S. The van der Waals surface area contributed by atoms with Crippen LogP contribution in [0.3, 0.4) is 0 Å². The number of aliphatic hydroxyl groups excluding tert-OH is 1. The first-order valence-corrected chi connectivity index (χ1v) is 11.6. The molecule has 2 fully saturated rings. The van der Waals surface area contributed by atoms with E-state index in [2.05, 4.69) is 4.90 Å². The van der Waals surface area contributed by atoms with Gasteiger partial charge in [0.2, 0.25) is 10.0 Å². The molecule has 0 saturated carbocycles. The first kappa shape index (κ1) is 20.3. The summed E-state index contributed by atoms with van der Waals surface area (Å²) in [6.07, 6.45) is 2.19. The Kier molecular flexibility index (Phi) is 5.92. The number of likely N-dealkylation sites (tertiary alicyclic amines) is 1. The molecule has 0 spiro atoms. The van der Waals surface area contributed by atoms with Crippen molar-refractivity contribution in [2.24, 2.45) is 0 Å². The van der Waals surface area contributed by atoms with E-state index in [1.807, 2.05) is 31.2 Å². The van der Waals surface area contributed by atoms with Crippen LogP contribution in [-0.2, 0) is 10.0 Å². The number of aryl methyl sites for hydroxylation is 1. The Balaban J connectivity index is 1.39. The number of hydrogen-bond acceptors (Lipinski definition) is 5. The van der Waals surface area contributed by atoms with Crippen LogP contribution in [0.15, 0.2) is 53.4 Å². The molecule has 2 aliphatic rings. The SMILES string of the molecule is Cc1ccccc1Oc1ccc(S(=O)(=O)N2CCC(N3CC[C@H](O)C3)CC2)cc1. The molecule has 2 saturated heterocycles. The maximum absolute atomic E-state index is 13.0. The molecule has 0 aliphatic carbocycles. The van der Waals surface area contributed by atoms with Crippen molar-refractivity contribution >= 4 is 10.0 Å². The van der Waals surface area contributed by atoms with Crippen LogP contribution in [-0.4, -0.2) is 61.1 Å². The van der Waals surface area contributed by atoms with Gasteiger partial charge in [-0.1, -0.05) is 18.2 Å². The predicted octanol–water partition coefficient (Wildman–Crippen LogP) is 3.01. The summed E-state index contributed by atoms with van der Waals surface area (Å²) in [4.78, 5) is 2.59. The summed E-state index contributed by atoms with van der Waals surface area (Å²) >= 11 is 0. The van der Waals surface area contributed by atoms with Crippen LogP contribution in [0.4, 0.5) is 0 Å². The molecule has 2 aromatic carbocycles. The molecule has 0 unspecified atom stereocenters. The Morgan fingerprint density at radius 2 is 1.66 bits per heavy atom. The second-order valence-corrected chi connectivity index (χ2v) is 9.85. The van der Waals surface area contributed by atoms with Crippen LogP contribution in [0.1, 0.15) is 24.8 Å². The Hall–Kier alpha value is -1.93. The van der Waals surface area contributed by atoms with Gasteiger partial charge in [-0.25, -0.2) is 8.42 Å². The average Bonchev–Trinajstić information content (AvgIpc) is 3.17. The van der Waals surface area contributed by atoms with Gasteiger partial charge in [-0.15, -0.1) is 0 Å². The minimum absolute atomic E-state index is 0.239. The lowest BCUT2D eigenvalue weighted by molar-refractivity contribution is 0.132. The van der Waals surface area contributed by atoms with Crippen molar-refractivity contribution in [1.82, 2.24) is 9.21 Å². The third kappa shape index (κ3) is 4.48. The smallest absolute Gasteiger partial charge is 0.243 e. The molecule has 156 valence electrons. The molecular weight excluding hydrogens is 388 g/mol. The standard InChI is InChI=1S/C22H28N2O4S/c1-17-4-2-3-5-22(17)28-20-6-8-21(9-7-20)29(26,27)24-14-10-18(11-15-24)23-13-12-19(25)16-23/h2-9,18-19,25H,10-16H2,1H3/t19-/m0/s1. The van der Waals surface area contributed by atoms with Crippen molar-refractivity contribution in [2.45, 2.75) is 43.2 Å². The summed E-state index contributed by atoms with van der Waals surface area (Å²) in [6.45, 7) is 4.61. The molecule has 2 aromatic rings. The Morgan fingerprint density at radius 3 is 2.28 bits per heavy atom.